The van der Waals surface area contributed by atoms with Crippen LogP contribution in [0.1, 0.15) is 26.2 Å². The van der Waals surface area contributed by atoms with Crippen LogP contribution in [0.15, 0.2) is 24.3 Å². The first-order chi connectivity index (χ1) is 10.2. The van der Waals surface area contributed by atoms with Gasteiger partial charge in [0.05, 0.1) is 13.7 Å². The number of halogens is 1. The number of carbonyl (C=O) groups excluding carboxylic acids is 1. The Hall–Kier alpha value is -1.46. The molecule has 1 aromatic carbocycles. The van der Waals surface area contributed by atoms with E-state index in [2.05, 4.69) is 10.6 Å². The molecule has 0 aromatic heterocycles. The maximum atomic E-state index is 11.8. The number of ether oxygens (including phenoxy) is 2. The molecule has 2 unspecified atom stereocenters. The van der Waals surface area contributed by atoms with Crippen LogP contribution in [0.5, 0.6) is 11.5 Å². The highest BCUT2D eigenvalue weighted by molar-refractivity contribution is 5.85. The van der Waals surface area contributed by atoms with E-state index < -0.39 is 0 Å². The molecule has 1 saturated heterocycles. The van der Waals surface area contributed by atoms with Crippen LogP contribution in [0.25, 0.3) is 0 Å². The third-order valence-corrected chi connectivity index (χ3v) is 3.58. The lowest BCUT2D eigenvalue weighted by Gasteiger charge is -2.18. The van der Waals surface area contributed by atoms with Gasteiger partial charge in [-0.25, -0.2) is 0 Å². The molecule has 0 aliphatic carbocycles. The third-order valence-electron chi connectivity index (χ3n) is 3.58. The van der Waals surface area contributed by atoms with Crippen LogP contribution in [0.2, 0.25) is 0 Å². The largest absolute Gasteiger partial charge is 0.493 e. The highest BCUT2D eigenvalue weighted by atomic mass is 35.5. The van der Waals surface area contributed by atoms with E-state index in [1.165, 1.54) is 0 Å². The lowest BCUT2D eigenvalue weighted by molar-refractivity contribution is -0.121. The Morgan fingerprint density at radius 3 is 2.77 bits per heavy atom. The average molecular weight is 329 g/mol. The van der Waals surface area contributed by atoms with Gasteiger partial charge in [0.1, 0.15) is 6.10 Å². The Labute approximate surface area is 138 Å². The van der Waals surface area contributed by atoms with Crippen molar-refractivity contribution in [3.8, 4) is 11.5 Å². The van der Waals surface area contributed by atoms with Gasteiger partial charge in [-0.15, -0.1) is 12.4 Å². The molecule has 6 heteroatoms. The van der Waals surface area contributed by atoms with Gasteiger partial charge in [0.15, 0.2) is 11.5 Å². The minimum absolute atomic E-state index is 0. The van der Waals surface area contributed by atoms with Gasteiger partial charge in [0.25, 0.3) is 0 Å². The van der Waals surface area contributed by atoms with Crippen LogP contribution in [-0.4, -0.2) is 38.3 Å². The van der Waals surface area contributed by atoms with Crippen molar-refractivity contribution < 1.29 is 14.3 Å². The summed E-state index contributed by atoms with van der Waals surface area (Å²) in [6.07, 6.45) is 2.68. The van der Waals surface area contributed by atoms with Crippen molar-refractivity contribution in [3.05, 3.63) is 24.3 Å². The molecule has 2 rings (SSSR count). The number of carbonyl (C=O) groups is 1. The zero-order chi connectivity index (χ0) is 15.1. The first-order valence-electron chi connectivity index (χ1n) is 7.49. The van der Waals surface area contributed by atoms with Gasteiger partial charge in [-0.2, -0.15) is 0 Å². The molecular weight excluding hydrogens is 304 g/mol. The topological polar surface area (TPSA) is 59.6 Å². The highest BCUT2D eigenvalue weighted by Crippen LogP contribution is 2.26. The molecule has 0 radical (unpaired) electrons. The fraction of sp³-hybridized carbons (Fsp3) is 0.562. The van der Waals surface area contributed by atoms with Crippen LogP contribution < -0.4 is 20.1 Å². The van der Waals surface area contributed by atoms with E-state index in [0.29, 0.717) is 30.5 Å². The summed E-state index contributed by atoms with van der Waals surface area (Å²) >= 11 is 0. The monoisotopic (exact) mass is 328 g/mol. The van der Waals surface area contributed by atoms with Gasteiger partial charge in [-0.05, 0) is 38.4 Å². The van der Waals surface area contributed by atoms with Crippen LogP contribution in [0.3, 0.4) is 0 Å². The summed E-state index contributed by atoms with van der Waals surface area (Å²) in [5.41, 5.74) is 0. The molecule has 5 nitrogen and oxygen atoms in total. The van der Waals surface area contributed by atoms with Gasteiger partial charge in [0, 0.05) is 12.5 Å². The van der Waals surface area contributed by atoms with E-state index in [-0.39, 0.29) is 24.4 Å². The molecule has 1 heterocycles. The van der Waals surface area contributed by atoms with E-state index in [0.717, 1.165) is 19.4 Å². The number of nitrogens with one attached hydrogen (secondary N) is 2. The predicted molar refractivity (Wildman–Crippen MR) is 89.0 cm³/mol. The van der Waals surface area contributed by atoms with E-state index in [1.54, 1.807) is 7.11 Å². The zero-order valence-corrected chi connectivity index (χ0v) is 13.9. The van der Waals surface area contributed by atoms with Gasteiger partial charge in [0.2, 0.25) is 5.91 Å². The number of rotatable bonds is 7. The average Bonchev–Trinajstić information content (AvgIpc) is 2.98. The number of benzene rings is 1. The Morgan fingerprint density at radius 2 is 2.14 bits per heavy atom. The molecule has 1 aliphatic rings. The molecule has 1 fully saturated rings. The lowest BCUT2D eigenvalue weighted by Crippen LogP contribution is -2.37. The predicted octanol–water partition coefficient (Wildman–Crippen LogP) is 2.14. The summed E-state index contributed by atoms with van der Waals surface area (Å²) in [5.74, 6) is 1.47. The maximum Gasteiger partial charge on any atom is 0.221 e. The summed E-state index contributed by atoms with van der Waals surface area (Å²) in [6, 6.07) is 7.84. The molecule has 2 atom stereocenters. The number of methoxy groups -OCH3 is 1. The summed E-state index contributed by atoms with van der Waals surface area (Å²) in [4.78, 5) is 11.8. The molecule has 124 valence electrons. The fourth-order valence-electron chi connectivity index (χ4n) is 2.46. The Kier molecular flexibility index (Phi) is 8.06. The molecule has 0 bridgehead atoms. The maximum absolute atomic E-state index is 11.8. The quantitative estimate of drug-likeness (QED) is 0.805. The number of amides is 1. The third kappa shape index (κ3) is 5.73. The van der Waals surface area contributed by atoms with Crippen molar-refractivity contribution in [2.45, 2.75) is 38.3 Å². The van der Waals surface area contributed by atoms with E-state index in [4.69, 9.17) is 9.47 Å². The Balaban J connectivity index is 0.00000242. The highest BCUT2D eigenvalue weighted by Gasteiger charge is 2.18. The van der Waals surface area contributed by atoms with Crippen LogP contribution in [0.4, 0.5) is 0 Å². The number of hydrogen-bond acceptors (Lipinski definition) is 4. The van der Waals surface area contributed by atoms with Gasteiger partial charge >= 0.3 is 0 Å². The van der Waals surface area contributed by atoms with Crippen molar-refractivity contribution in [2.24, 2.45) is 0 Å². The molecule has 0 spiro atoms. The molecule has 1 aromatic rings. The molecule has 1 aliphatic heterocycles. The van der Waals surface area contributed by atoms with Crippen LogP contribution in [-0.2, 0) is 4.79 Å². The van der Waals surface area contributed by atoms with Crippen molar-refractivity contribution in [1.82, 2.24) is 10.6 Å². The Bertz CT molecular complexity index is 464. The standard InChI is InChI=1S/C16H24N2O3.ClH/c1-12(21-15-8-4-3-7-14(15)20-2)11-18-16(19)10-13-6-5-9-17-13;/h3-4,7-8,12-13,17H,5-6,9-11H2,1-2H3,(H,18,19);1H. The molecule has 2 N–H and O–H groups in total. The van der Waals surface area contributed by atoms with Crippen molar-refractivity contribution >= 4 is 18.3 Å². The molecule has 22 heavy (non-hydrogen) atoms. The molecular formula is C16H25ClN2O3. The summed E-state index contributed by atoms with van der Waals surface area (Å²) < 4.78 is 11.0. The minimum Gasteiger partial charge on any atom is -0.493 e. The zero-order valence-electron chi connectivity index (χ0n) is 13.1. The normalized spacial score (nSPS) is 18.2. The number of hydrogen-bond donors (Lipinski definition) is 2. The second-order valence-electron chi connectivity index (χ2n) is 5.38. The van der Waals surface area contributed by atoms with Crippen molar-refractivity contribution in [2.75, 3.05) is 20.2 Å². The van der Waals surface area contributed by atoms with E-state index >= 15 is 0 Å². The van der Waals surface area contributed by atoms with E-state index in [1.807, 2.05) is 31.2 Å². The summed E-state index contributed by atoms with van der Waals surface area (Å²) in [6.45, 7) is 3.44. The molecule has 0 saturated carbocycles. The second-order valence-corrected chi connectivity index (χ2v) is 5.38. The van der Waals surface area contributed by atoms with Gasteiger partial charge in [-0.3, -0.25) is 4.79 Å². The summed E-state index contributed by atoms with van der Waals surface area (Å²) in [7, 11) is 1.61. The van der Waals surface area contributed by atoms with Crippen LogP contribution >= 0.6 is 12.4 Å². The SMILES string of the molecule is COc1ccccc1OC(C)CNC(=O)CC1CCCN1.Cl. The minimum atomic E-state index is -0.109. The van der Waals surface area contributed by atoms with Crippen molar-refractivity contribution in [1.29, 1.82) is 0 Å². The lowest BCUT2D eigenvalue weighted by atomic mass is 10.1. The Morgan fingerprint density at radius 1 is 1.41 bits per heavy atom. The molecule has 1 amide bonds. The van der Waals surface area contributed by atoms with Crippen molar-refractivity contribution in [3.63, 3.8) is 0 Å². The first kappa shape index (κ1) is 18.6. The first-order valence-corrected chi connectivity index (χ1v) is 7.49. The smallest absolute Gasteiger partial charge is 0.221 e. The summed E-state index contributed by atoms with van der Waals surface area (Å²) in [5, 5.41) is 6.24. The fourth-order valence-corrected chi connectivity index (χ4v) is 2.46. The van der Waals surface area contributed by atoms with Gasteiger partial charge in [-0.1, -0.05) is 12.1 Å². The number of para-hydroxylation sites is 2. The van der Waals surface area contributed by atoms with Crippen LogP contribution in [0, 0.1) is 0 Å². The second kappa shape index (κ2) is 9.54. The van der Waals surface area contributed by atoms with E-state index in [9.17, 15) is 4.79 Å². The van der Waals surface area contributed by atoms with Gasteiger partial charge < -0.3 is 20.1 Å².